The lowest BCUT2D eigenvalue weighted by Crippen LogP contribution is -2.33. The van der Waals surface area contributed by atoms with Crippen molar-refractivity contribution >= 4 is 0 Å². The Morgan fingerprint density at radius 3 is 2.74 bits per heavy atom. The number of nitrogens with zero attached hydrogens (tertiary/aromatic N) is 5. The fourth-order valence-corrected chi connectivity index (χ4v) is 2.96. The van der Waals surface area contributed by atoms with Crippen molar-refractivity contribution < 1.29 is 4.52 Å². The molecule has 0 saturated heterocycles. The van der Waals surface area contributed by atoms with E-state index in [-0.39, 0.29) is 0 Å². The third-order valence-corrected chi connectivity index (χ3v) is 4.30. The average Bonchev–Trinajstić information content (AvgIpc) is 3.16. The smallest absolute Gasteiger partial charge is 0.151 e. The first-order chi connectivity index (χ1) is 11.2. The van der Waals surface area contributed by atoms with Crippen molar-refractivity contribution in [1.29, 1.82) is 0 Å². The van der Waals surface area contributed by atoms with Crippen LogP contribution in [0.5, 0.6) is 0 Å². The van der Waals surface area contributed by atoms with Gasteiger partial charge in [0.1, 0.15) is 17.3 Å². The molecule has 6 nitrogen and oxygen atoms in total. The summed E-state index contributed by atoms with van der Waals surface area (Å²) in [6, 6.07) is 10.3. The molecule has 0 unspecified atom stereocenters. The maximum atomic E-state index is 5.51. The van der Waals surface area contributed by atoms with Crippen LogP contribution in [-0.2, 0) is 19.6 Å². The summed E-state index contributed by atoms with van der Waals surface area (Å²) in [6.07, 6.45) is 0. The SMILES string of the molecule is Cc1ccc(-c2cc(CN3CCn4c(C)nnc4C3)on2)cc1. The van der Waals surface area contributed by atoms with Gasteiger partial charge in [0.15, 0.2) is 5.76 Å². The van der Waals surface area contributed by atoms with E-state index in [1.54, 1.807) is 0 Å². The highest BCUT2D eigenvalue weighted by molar-refractivity contribution is 5.59. The van der Waals surface area contributed by atoms with Gasteiger partial charge in [0.25, 0.3) is 0 Å². The number of hydrogen-bond acceptors (Lipinski definition) is 5. The lowest BCUT2D eigenvalue weighted by Gasteiger charge is -2.26. The molecule has 0 fully saturated rings. The Bertz CT molecular complexity index is 818. The van der Waals surface area contributed by atoms with Gasteiger partial charge in [-0.25, -0.2) is 0 Å². The monoisotopic (exact) mass is 309 g/mol. The molecule has 4 rings (SSSR count). The van der Waals surface area contributed by atoms with Crippen molar-refractivity contribution in [2.45, 2.75) is 33.5 Å². The van der Waals surface area contributed by atoms with Gasteiger partial charge in [-0.2, -0.15) is 0 Å². The summed E-state index contributed by atoms with van der Waals surface area (Å²) in [7, 11) is 0. The van der Waals surface area contributed by atoms with Crippen LogP contribution in [0.25, 0.3) is 11.3 Å². The predicted octanol–water partition coefficient (Wildman–Crippen LogP) is 2.57. The molecule has 1 aromatic carbocycles. The Hall–Kier alpha value is -2.47. The van der Waals surface area contributed by atoms with Crippen LogP contribution in [0.3, 0.4) is 0 Å². The van der Waals surface area contributed by atoms with Gasteiger partial charge in [-0.15, -0.1) is 10.2 Å². The number of fused-ring (bicyclic) bond motifs is 1. The van der Waals surface area contributed by atoms with E-state index in [9.17, 15) is 0 Å². The zero-order valence-corrected chi connectivity index (χ0v) is 13.4. The molecule has 0 N–H and O–H groups in total. The van der Waals surface area contributed by atoms with Gasteiger partial charge >= 0.3 is 0 Å². The molecule has 0 radical (unpaired) electrons. The number of rotatable bonds is 3. The van der Waals surface area contributed by atoms with Crippen LogP contribution in [0.1, 0.15) is 23.0 Å². The van der Waals surface area contributed by atoms with Crippen LogP contribution < -0.4 is 0 Å². The second kappa shape index (κ2) is 5.62. The molecule has 0 bridgehead atoms. The fraction of sp³-hybridized carbons (Fsp3) is 0.353. The summed E-state index contributed by atoms with van der Waals surface area (Å²) < 4.78 is 7.69. The molecule has 0 amide bonds. The van der Waals surface area contributed by atoms with Crippen molar-refractivity contribution in [3.05, 3.63) is 53.3 Å². The minimum absolute atomic E-state index is 0.741. The number of aromatic nitrogens is 4. The lowest BCUT2D eigenvalue weighted by molar-refractivity contribution is 0.186. The van der Waals surface area contributed by atoms with Gasteiger partial charge in [0.05, 0.1) is 13.1 Å². The largest absolute Gasteiger partial charge is 0.359 e. The highest BCUT2D eigenvalue weighted by Gasteiger charge is 2.21. The molecule has 0 atom stereocenters. The highest BCUT2D eigenvalue weighted by Crippen LogP contribution is 2.21. The normalized spacial score (nSPS) is 14.9. The molecule has 3 aromatic rings. The molecule has 0 saturated carbocycles. The fourth-order valence-electron chi connectivity index (χ4n) is 2.96. The molecule has 118 valence electrons. The van der Waals surface area contributed by atoms with Crippen LogP contribution in [0.4, 0.5) is 0 Å². The van der Waals surface area contributed by atoms with Crippen LogP contribution >= 0.6 is 0 Å². The Balaban J connectivity index is 1.47. The van der Waals surface area contributed by atoms with Crippen molar-refractivity contribution in [1.82, 2.24) is 24.8 Å². The minimum Gasteiger partial charge on any atom is -0.359 e. The van der Waals surface area contributed by atoms with E-state index in [4.69, 9.17) is 4.52 Å². The number of benzene rings is 1. The predicted molar refractivity (Wildman–Crippen MR) is 85.5 cm³/mol. The summed E-state index contributed by atoms with van der Waals surface area (Å²) in [4.78, 5) is 2.31. The van der Waals surface area contributed by atoms with Crippen LogP contribution in [-0.4, -0.2) is 31.4 Å². The van der Waals surface area contributed by atoms with Crippen molar-refractivity contribution in [2.75, 3.05) is 6.54 Å². The molecule has 23 heavy (non-hydrogen) atoms. The molecule has 0 aliphatic carbocycles. The molecular formula is C17H19N5O. The number of aryl methyl sites for hydroxylation is 2. The molecule has 0 spiro atoms. The Labute approximate surface area is 134 Å². The van der Waals surface area contributed by atoms with Crippen LogP contribution in [0, 0.1) is 13.8 Å². The topological polar surface area (TPSA) is 60.0 Å². The van der Waals surface area contributed by atoms with E-state index in [0.717, 1.165) is 54.8 Å². The first-order valence-electron chi connectivity index (χ1n) is 7.83. The quantitative estimate of drug-likeness (QED) is 0.744. The molecule has 2 aromatic heterocycles. The molecular weight excluding hydrogens is 290 g/mol. The van der Waals surface area contributed by atoms with Gasteiger partial charge in [0, 0.05) is 24.7 Å². The standard InChI is InChI=1S/C17H19N5O/c1-12-3-5-14(6-4-12)16-9-15(23-20-16)10-21-7-8-22-13(2)18-19-17(22)11-21/h3-6,9H,7-8,10-11H2,1-2H3. The summed E-state index contributed by atoms with van der Waals surface area (Å²) in [5.74, 6) is 2.89. The van der Waals surface area contributed by atoms with Gasteiger partial charge in [-0.1, -0.05) is 35.0 Å². The maximum Gasteiger partial charge on any atom is 0.151 e. The van der Waals surface area contributed by atoms with Crippen molar-refractivity contribution in [3.8, 4) is 11.3 Å². The van der Waals surface area contributed by atoms with E-state index >= 15 is 0 Å². The Morgan fingerprint density at radius 2 is 1.91 bits per heavy atom. The second-order valence-electron chi connectivity index (χ2n) is 6.07. The van der Waals surface area contributed by atoms with Crippen molar-refractivity contribution in [2.24, 2.45) is 0 Å². The van der Waals surface area contributed by atoms with Gasteiger partial charge in [-0.3, -0.25) is 4.90 Å². The van der Waals surface area contributed by atoms with Gasteiger partial charge < -0.3 is 9.09 Å². The van der Waals surface area contributed by atoms with E-state index in [2.05, 4.69) is 56.0 Å². The summed E-state index contributed by atoms with van der Waals surface area (Å²) >= 11 is 0. The van der Waals surface area contributed by atoms with Crippen LogP contribution in [0.15, 0.2) is 34.9 Å². The van der Waals surface area contributed by atoms with E-state index in [1.807, 2.05) is 13.0 Å². The Morgan fingerprint density at radius 1 is 1.09 bits per heavy atom. The zero-order valence-electron chi connectivity index (χ0n) is 13.4. The zero-order chi connectivity index (χ0) is 15.8. The third kappa shape index (κ3) is 2.77. The summed E-state index contributed by atoms with van der Waals surface area (Å²) in [5, 5.41) is 12.6. The highest BCUT2D eigenvalue weighted by atomic mass is 16.5. The van der Waals surface area contributed by atoms with Gasteiger partial charge in [0.2, 0.25) is 0 Å². The minimum atomic E-state index is 0.741. The molecule has 3 heterocycles. The second-order valence-corrected chi connectivity index (χ2v) is 6.07. The van der Waals surface area contributed by atoms with E-state index < -0.39 is 0 Å². The summed E-state index contributed by atoms with van der Waals surface area (Å²) in [6.45, 7) is 7.50. The van der Waals surface area contributed by atoms with E-state index in [0.29, 0.717) is 0 Å². The molecule has 1 aliphatic rings. The number of hydrogen-bond donors (Lipinski definition) is 0. The van der Waals surface area contributed by atoms with Crippen molar-refractivity contribution in [3.63, 3.8) is 0 Å². The average molecular weight is 309 g/mol. The molecule has 1 aliphatic heterocycles. The first-order valence-corrected chi connectivity index (χ1v) is 7.83. The summed E-state index contributed by atoms with van der Waals surface area (Å²) in [5.41, 5.74) is 3.21. The lowest BCUT2D eigenvalue weighted by atomic mass is 10.1. The molecule has 6 heteroatoms. The van der Waals surface area contributed by atoms with Crippen LogP contribution in [0.2, 0.25) is 0 Å². The maximum absolute atomic E-state index is 5.51. The first kappa shape index (κ1) is 14.1. The van der Waals surface area contributed by atoms with Gasteiger partial charge in [-0.05, 0) is 13.8 Å². The van der Waals surface area contributed by atoms with E-state index in [1.165, 1.54) is 5.56 Å². The Kier molecular flexibility index (Phi) is 3.46. The third-order valence-electron chi connectivity index (χ3n) is 4.30.